The molecule has 1 aliphatic heterocycles. The van der Waals surface area contributed by atoms with Crippen molar-refractivity contribution in [1.29, 1.82) is 0 Å². The number of ether oxygens (including phenoxy) is 1. The Bertz CT molecular complexity index is 1710. The molecule has 1 unspecified atom stereocenters. The van der Waals surface area contributed by atoms with Gasteiger partial charge < -0.3 is 16.2 Å². The maximum Gasteiger partial charge on any atom is 0.204 e. The first-order valence-electron chi connectivity index (χ1n) is 13.9. The van der Waals surface area contributed by atoms with E-state index in [4.69, 9.17) is 15.3 Å². The van der Waals surface area contributed by atoms with Gasteiger partial charge in [-0.1, -0.05) is 19.6 Å². The van der Waals surface area contributed by atoms with Gasteiger partial charge in [0.05, 0.1) is 12.1 Å². The van der Waals surface area contributed by atoms with Crippen molar-refractivity contribution >= 4 is 36.0 Å². The molecule has 4 N–H and O–H groups in total. The fourth-order valence-electron chi connectivity index (χ4n) is 4.67. The number of aromatic nitrogens is 3. The zero-order valence-electron chi connectivity index (χ0n) is 24.8. The van der Waals surface area contributed by atoms with Crippen LogP contribution in [0.15, 0.2) is 97.6 Å². The Balaban J connectivity index is 0.000000210. The van der Waals surface area contributed by atoms with Gasteiger partial charge in [0.1, 0.15) is 17.3 Å². The van der Waals surface area contributed by atoms with Gasteiger partial charge in [-0.2, -0.15) is 12.6 Å². The number of nitrogens with two attached hydrogens (primary N) is 2. The Kier molecular flexibility index (Phi) is 13.3. The molecule has 3 aromatic heterocycles. The molecule has 0 saturated carbocycles. The smallest absolute Gasteiger partial charge is 0.204 e. The molecular weight excluding hydrogens is 573 g/mol. The fraction of sp³-hybridized carbons (Fsp3) is 0.171. The quantitative estimate of drug-likeness (QED) is 0.117. The summed E-state index contributed by atoms with van der Waals surface area (Å²) in [6, 6.07) is 20.6. The van der Waals surface area contributed by atoms with Gasteiger partial charge >= 0.3 is 0 Å². The van der Waals surface area contributed by atoms with E-state index in [2.05, 4.69) is 76.8 Å². The third-order valence-electron chi connectivity index (χ3n) is 6.57. The van der Waals surface area contributed by atoms with Gasteiger partial charge in [0, 0.05) is 58.7 Å². The summed E-state index contributed by atoms with van der Waals surface area (Å²) < 4.78 is 18.8. The van der Waals surface area contributed by atoms with E-state index >= 15 is 0 Å². The van der Waals surface area contributed by atoms with Crippen molar-refractivity contribution in [3.8, 4) is 28.1 Å². The zero-order chi connectivity index (χ0) is 31.9. The lowest BCUT2D eigenvalue weighted by Gasteiger charge is -2.10. The highest BCUT2D eigenvalue weighted by Gasteiger charge is 2.25. The van der Waals surface area contributed by atoms with E-state index in [0.717, 1.165) is 56.7 Å². The van der Waals surface area contributed by atoms with Crippen LogP contribution in [-0.4, -0.2) is 40.8 Å². The SMILES string of the molecule is C=C=Cc1cc(-c2ccncc2)c2ncccc2c1.CC1COc2c1cc(CCN)nc2-c1ccc(F)cc1.CS.NC=O. The predicted octanol–water partition coefficient (Wildman–Crippen LogP) is 6.63. The molecule has 1 aliphatic rings. The Morgan fingerprint density at radius 2 is 1.77 bits per heavy atom. The highest BCUT2D eigenvalue weighted by Crippen LogP contribution is 2.41. The second kappa shape index (κ2) is 17.3. The summed E-state index contributed by atoms with van der Waals surface area (Å²) >= 11 is 3.53. The molecule has 0 saturated heterocycles. The molecule has 1 amide bonds. The van der Waals surface area contributed by atoms with Crippen molar-refractivity contribution in [2.24, 2.45) is 11.5 Å². The summed E-state index contributed by atoms with van der Waals surface area (Å²) in [6.07, 6.45) is 9.95. The lowest BCUT2D eigenvalue weighted by Crippen LogP contribution is -2.06. The number of nitrogens with zero attached hydrogens (tertiary/aromatic N) is 3. The van der Waals surface area contributed by atoms with Gasteiger partial charge in [0.15, 0.2) is 0 Å². The van der Waals surface area contributed by atoms with Gasteiger partial charge in [0.2, 0.25) is 6.41 Å². The Morgan fingerprint density at radius 3 is 2.43 bits per heavy atom. The van der Waals surface area contributed by atoms with Crippen molar-refractivity contribution in [3.63, 3.8) is 0 Å². The lowest BCUT2D eigenvalue weighted by atomic mass is 9.99. The van der Waals surface area contributed by atoms with Crippen LogP contribution in [0.4, 0.5) is 4.39 Å². The maximum atomic E-state index is 13.1. The van der Waals surface area contributed by atoms with Crippen LogP contribution in [0, 0.1) is 5.82 Å². The van der Waals surface area contributed by atoms with Gasteiger partial charge in [0.25, 0.3) is 0 Å². The first-order valence-corrected chi connectivity index (χ1v) is 14.8. The number of pyridine rings is 3. The summed E-state index contributed by atoms with van der Waals surface area (Å²) in [6.45, 7) is 6.99. The van der Waals surface area contributed by atoms with Crippen molar-refractivity contribution in [2.75, 3.05) is 19.4 Å². The number of rotatable bonds is 5. The van der Waals surface area contributed by atoms with Crippen LogP contribution in [-0.2, 0) is 11.2 Å². The van der Waals surface area contributed by atoms with E-state index in [1.54, 1.807) is 30.8 Å². The molecule has 226 valence electrons. The van der Waals surface area contributed by atoms with Crippen molar-refractivity contribution in [2.45, 2.75) is 19.3 Å². The van der Waals surface area contributed by atoms with Crippen molar-refractivity contribution < 1.29 is 13.9 Å². The topological polar surface area (TPSA) is 117 Å². The maximum absolute atomic E-state index is 13.1. The molecule has 0 bridgehead atoms. The fourth-order valence-corrected chi connectivity index (χ4v) is 4.67. The number of primary amides is 1. The standard InChI is InChI=1S/C17H12N2.C16H17FN2O.CH3NO.CH4S/c1-2-4-13-11-15-5-3-8-19-17(15)16(12-13)14-6-9-18-10-7-14;1-10-9-20-16-14(10)8-13(6-7-18)19-15(16)11-2-4-12(17)5-3-11;2-1-3;1-2/h3-12H,1H2;2-5,8,10H,6-7,9,18H2,1H3;1H,(H2,2,3);2H,1H3. The summed E-state index contributed by atoms with van der Waals surface area (Å²) in [5.41, 5.74) is 20.7. The summed E-state index contributed by atoms with van der Waals surface area (Å²) in [5, 5.41) is 1.11. The molecule has 0 fully saturated rings. The Morgan fingerprint density at radius 1 is 1.07 bits per heavy atom. The zero-order valence-corrected chi connectivity index (χ0v) is 25.7. The van der Waals surface area contributed by atoms with Gasteiger partial charge in [-0.25, -0.2) is 9.37 Å². The highest BCUT2D eigenvalue weighted by molar-refractivity contribution is 7.79. The monoisotopic (exact) mass is 609 g/mol. The number of hydrogen-bond acceptors (Lipinski definition) is 7. The van der Waals surface area contributed by atoms with Crippen LogP contribution < -0.4 is 16.2 Å². The summed E-state index contributed by atoms with van der Waals surface area (Å²) in [5.74, 6) is 0.923. The second-order valence-electron chi connectivity index (χ2n) is 9.50. The number of amides is 1. The molecule has 2 aromatic carbocycles. The van der Waals surface area contributed by atoms with E-state index in [0.29, 0.717) is 19.1 Å². The molecule has 9 heteroatoms. The minimum Gasteiger partial charge on any atom is -0.490 e. The van der Waals surface area contributed by atoms with Crippen LogP contribution in [0.2, 0.25) is 0 Å². The minimum atomic E-state index is -0.252. The number of thiol groups is 1. The number of carbonyl (C=O) groups excluding carboxylic acids is 1. The summed E-state index contributed by atoms with van der Waals surface area (Å²) in [7, 11) is 0. The first-order chi connectivity index (χ1) is 21.5. The summed E-state index contributed by atoms with van der Waals surface area (Å²) in [4.78, 5) is 21.8. The van der Waals surface area contributed by atoms with Crippen molar-refractivity contribution in [1.82, 2.24) is 15.0 Å². The second-order valence-corrected chi connectivity index (χ2v) is 9.50. The average Bonchev–Trinajstić information content (AvgIpc) is 3.43. The van der Waals surface area contributed by atoms with Gasteiger partial charge in [-0.3, -0.25) is 14.8 Å². The molecule has 0 aliphatic carbocycles. The number of carbonyl (C=O) groups is 1. The predicted molar refractivity (Wildman–Crippen MR) is 180 cm³/mol. The molecule has 4 heterocycles. The molecule has 1 atom stereocenters. The van der Waals surface area contributed by atoms with E-state index in [9.17, 15) is 4.39 Å². The molecule has 0 spiro atoms. The van der Waals surface area contributed by atoms with Crippen LogP contribution >= 0.6 is 12.6 Å². The average molecular weight is 610 g/mol. The van der Waals surface area contributed by atoms with E-state index in [1.807, 2.05) is 30.5 Å². The molecule has 7 nitrogen and oxygen atoms in total. The van der Waals surface area contributed by atoms with Crippen LogP contribution in [0.3, 0.4) is 0 Å². The van der Waals surface area contributed by atoms with E-state index in [-0.39, 0.29) is 12.2 Å². The van der Waals surface area contributed by atoms with Crippen LogP contribution in [0.5, 0.6) is 5.75 Å². The Hall–Kier alpha value is -4.82. The third-order valence-corrected chi connectivity index (χ3v) is 6.57. The molecular formula is C35H36FN5O2S. The number of hydrogen-bond donors (Lipinski definition) is 3. The third kappa shape index (κ3) is 8.61. The number of fused-ring (bicyclic) bond motifs is 2. The largest absolute Gasteiger partial charge is 0.490 e. The normalized spacial score (nSPS) is 12.4. The van der Waals surface area contributed by atoms with E-state index in [1.165, 1.54) is 17.7 Å². The molecule has 0 radical (unpaired) electrons. The van der Waals surface area contributed by atoms with Crippen molar-refractivity contribution in [3.05, 3.63) is 120 Å². The van der Waals surface area contributed by atoms with E-state index < -0.39 is 0 Å². The first kappa shape index (κ1) is 33.7. The molecule has 6 rings (SSSR count). The molecule has 44 heavy (non-hydrogen) atoms. The number of benzene rings is 2. The Labute approximate surface area is 263 Å². The van der Waals surface area contributed by atoms with Crippen LogP contribution in [0.1, 0.15) is 29.7 Å². The lowest BCUT2D eigenvalue weighted by molar-refractivity contribution is -0.106. The highest BCUT2D eigenvalue weighted by atomic mass is 32.1. The number of halogens is 1. The molecule has 5 aromatic rings. The van der Waals surface area contributed by atoms with Gasteiger partial charge in [-0.15, -0.1) is 5.73 Å². The minimum absolute atomic E-state index is 0.250. The van der Waals surface area contributed by atoms with Crippen LogP contribution in [0.25, 0.3) is 39.4 Å². The van der Waals surface area contributed by atoms with Gasteiger partial charge in [-0.05, 0) is 90.7 Å².